The molecule has 0 aliphatic heterocycles. The highest BCUT2D eigenvalue weighted by molar-refractivity contribution is 7.99. The van der Waals surface area contributed by atoms with Crippen LogP contribution in [0.2, 0.25) is 0 Å². The number of hydrogen-bond acceptors (Lipinski definition) is 7. The van der Waals surface area contributed by atoms with Crippen LogP contribution in [0.5, 0.6) is 17.2 Å². The zero-order valence-electron chi connectivity index (χ0n) is 23.6. The first kappa shape index (κ1) is 33.6. The Labute approximate surface area is 252 Å². The molecule has 0 spiro atoms. The summed E-state index contributed by atoms with van der Waals surface area (Å²) in [6.07, 6.45) is -5.10. The molecule has 0 aliphatic carbocycles. The Balaban J connectivity index is 1.59. The van der Waals surface area contributed by atoms with Crippen LogP contribution in [-0.2, 0) is 16.0 Å². The Kier molecular flexibility index (Phi) is 13.5. The van der Waals surface area contributed by atoms with Crippen molar-refractivity contribution < 1.29 is 46.8 Å². The van der Waals surface area contributed by atoms with E-state index >= 15 is 0 Å². The number of carboxylic acid groups (broad SMARTS) is 1. The Bertz CT molecular complexity index is 1280. The Morgan fingerprint density at radius 2 is 1.58 bits per heavy atom. The number of nitrogens with zero attached hydrogens (tertiary/aromatic N) is 1. The normalized spacial score (nSPS) is 11.9. The van der Waals surface area contributed by atoms with E-state index in [0.29, 0.717) is 18.7 Å². The van der Waals surface area contributed by atoms with Gasteiger partial charge >= 0.3 is 18.4 Å². The van der Waals surface area contributed by atoms with Gasteiger partial charge in [-0.15, -0.1) is 24.9 Å². The van der Waals surface area contributed by atoms with E-state index in [4.69, 9.17) is 14.2 Å². The SMILES string of the molecule is CCOC(Cc1ccc(OCCN(CCCCSc2ccccc2)C(=O)Oc2ccccc2OC(F)(F)F)cc1)C(=O)O. The van der Waals surface area contributed by atoms with Gasteiger partial charge in [0.2, 0.25) is 0 Å². The van der Waals surface area contributed by atoms with Crippen LogP contribution < -0.4 is 14.2 Å². The molecule has 0 heterocycles. The second-order valence-corrected chi connectivity index (χ2v) is 10.4. The van der Waals surface area contributed by atoms with Crippen LogP contribution in [0.1, 0.15) is 25.3 Å². The second-order valence-electron chi connectivity index (χ2n) is 9.20. The number of amides is 1. The Hall–Kier alpha value is -3.90. The zero-order valence-corrected chi connectivity index (χ0v) is 24.4. The molecule has 43 heavy (non-hydrogen) atoms. The Morgan fingerprint density at radius 1 is 0.907 bits per heavy atom. The molecule has 3 aromatic rings. The van der Waals surface area contributed by atoms with Gasteiger partial charge in [-0.1, -0.05) is 42.5 Å². The molecule has 0 bridgehead atoms. The fourth-order valence-corrected chi connectivity index (χ4v) is 4.87. The molecule has 0 saturated carbocycles. The number of hydrogen-bond donors (Lipinski definition) is 1. The van der Waals surface area contributed by atoms with E-state index in [-0.39, 0.29) is 31.9 Å². The van der Waals surface area contributed by atoms with Crippen LogP contribution in [-0.4, -0.2) is 66.6 Å². The van der Waals surface area contributed by atoms with Crippen molar-refractivity contribution in [2.45, 2.75) is 43.5 Å². The van der Waals surface area contributed by atoms with Gasteiger partial charge in [0.05, 0.1) is 6.54 Å². The molecule has 1 atom stereocenters. The third kappa shape index (κ3) is 12.5. The number of rotatable bonds is 17. The minimum absolute atomic E-state index is 0.0879. The van der Waals surface area contributed by atoms with E-state index in [0.717, 1.165) is 28.7 Å². The van der Waals surface area contributed by atoms with E-state index in [1.54, 1.807) is 43.0 Å². The molecule has 1 unspecified atom stereocenters. The number of thioether (sulfide) groups is 1. The lowest BCUT2D eigenvalue weighted by Crippen LogP contribution is -2.37. The lowest BCUT2D eigenvalue weighted by atomic mass is 10.1. The maximum absolute atomic E-state index is 13.1. The molecule has 0 saturated heterocycles. The van der Waals surface area contributed by atoms with Crippen molar-refractivity contribution in [2.75, 3.05) is 32.1 Å². The second kappa shape index (κ2) is 17.3. The molecule has 8 nitrogen and oxygen atoms in total. The largest absolute Gasteiger partial charge is 0.573 e. The number of carboxylic acids is 1. The average molecular weight is 622 g/mol. The predicted octanol–water partition coefficient (Wildman–Crippen LogP) is 7.07. The monoisotopic (exact) mass is 621 g/mol. The maximum Gasteiger partial charge on any atom is 0.573 e. The predicted molar refractivity (Wildman–Crippen MR) is 156 cm³/mol. The van der Waals surface area contributed by atoms with Crippen LogP contribution in [0.4, 0.5) is 18.0 Å². The van der Waals surface area contributed by atoms with E-state index < -0.39 is 30.3 Å². The minimum atomic E-state index is -4.94. The van der Waals surface area contributed by atoms with Crippen molar-refractivity contribution in [3.8, 4) is 17.2 Å². The number of unbranched alkanes of at least 4 members (excludes halogenated alkanes) is 1. The molecule has 1 amide bonds. The summed E-state index contributed by atoms with van der Waals surface area (Å²) < 4.78 is 58.9. The van der Waals surface area contributed by atoms with Gasteiger partial charge in [-0.05, 0) is 67.5 Å². The lowest BCUT2D eigenvalue weighted by molar-refractivity contribution is -0.275. The van der Waals surface area contributed by atoms with E-state index in [9.17, 15) is 27.9 Å². The van der Waals surface area contributed by atoms with Gasteiger partial charge in [-0.25, -0.2) is 9.59 Å². The smallest absolute Gasteiger partial charge is 0.492 e. The molecule has 12 heteroatoms. The fraction of sp³-hybridized carbons (Fsp3) is 0.355. The summed E-state index contributed by atoms with van der Waals surface area (Å²) in [5.41, 5.74) is 0.756. The number of halogens is 3. The van der Waals surface area contributed by atoms with E-state index in [1.807, 2.05) is 30.3 Å². The molecule has 1 N–H and O–H groups in total. The summed E-state index contributed by atoms with van der Waals surface area (Å²) in [6.45, 7) is 2.51. The third-order valence-electron chi connectivity index (χ3n) is 5.98. The van der Waals surface area contributed by atoms with Gasteiger partial charge in [0.15, 0.2) is 17.6 Å². The molecule has 232 valence electrons. The molecule has 0 fully saturated rings. The first-order valence-corrected chi connectivity index (χ1v) is 14.7. The van der Waals surface area contributed by atoms with Crippen LogP contribution in [0, 0.1) is 0 Å². The zero-order chi connectivity index (χ0) is 31.1. The summed E-state index contributed by atoms with van der Waals surface area (Å²) in [5, 5.41) is 9.28. The van der Waals surface area contributed by atoms with E-state index in [2.05, 4.69) is 4.74 Å². The molecule has 0 aliphatic rings. The molecule has 0 radical (unpaired) electrons. The van der Waals surface area contributed by atoms with Crippen molar-refractivity contribution in [1.82, 2.24) is 4.90 Å². The highest BCUT2D eigenvalue weighted by Crippen LogP contribution is 2.32. The summed E-state index contributed by atoms with van der Waals surface area (Å²) in [7, 11) is 0. The molecule has 3 aromatic carbocycles. The number of ether oxygens (including phenoxy) is 4. The van der Waals surface area contributed by atoms with Gasteiger partial charge in [-0.2, -0.15) is 0 Å². The number of aliphatic carboxylic acids is 1. The third-order valence-corrected chi connectivity index (χ3v) is 7.08. The van der Waals surface area contributed by atoms with Crippen molar-refractivity contribution in [3.05, 3.63) is 84.4 Å². The topological polar surface area (TPSA) is 94.5 Å². The van der Waals surface area contributed by atoms with Gasteiger partial charge < -0.3 is 29.0 Å². The number of carbonyl (C=O) groups excluding carboxylic acids is 1. The van der Waals surface area contributed by atoms with Crippen LogP contribution in [0.15, 0.2) is 83.8 Å². The lowest BCUT2D eigenvalue weighted by Gasteiger charge is -2.23. The number of benzene rings is 3. The van der Waals surface area contributed by atoms with Gasteiger partial charge in [0.25, 0.3) is 0 Å². The summed E-state index contributed by atoms with van der Waals surface area (Å²) in [4.78, 5) is 26.9. The van der Waals surface area contributed by atoms with Gasteiger partial charge in [0.1, 0.15) is 12.4 Å². The molecule has 3 rings (SSSR count). The Morgan fingerprint density at radius 3 is 2.23 bits per heavy atom. The van der Waals surface area contributed by atoms with Crippen LogP contribution in [0.25, 0.3) is 0 Å². The summed E-state index contributed by atoms with van der Waals surface area (Å²) >= 11 is 1.69. The molecule has 0 aromatic heterocycles. The van der Waals surface area contributed by atoms with Crippen molar-refractivity contribution >= 4 is 23.8 Å². The standard InChI is InChI=1S/C31H34F3NO7S/c1-2-39-28(29(36)37)22-23-14-16-24(17-15-23)40-20-19-35(18-8-9-21-43-25-10-4-3-5-11-25)30(38)41-26-12-6-7-13-27(26)42-31(32,33)34/h3-7,10-17,28H,2,8-9,18-22H2,1H3,(H,36,37). The van der Waals surface area contributed by atoms with E-state index in [1.165, 1.54) is 23.1 Å². The first-order valence-electron chi connectivity index (χ1n) is 13.7. The number of carbonyl (C=O) groups is 2. The van der Waals surface area contributed by atoms with Crippen molar-refractivity contribution in [1.29, 1.82) is 0 Å². The highest BCUT2D eigenvalue weighted by atomic mass is 32.2. The van der Waals surface area contributed by atoms with Crippen LogP contribution in [0.3, 0.4) is 0 Å². The maximum atomic E-state index is 13.1. The van der Waals surface area contributed by atoms with Crippen molar-refractivity contribution in [2.24, 2.45) is 0 Å². The quantitative estimate of drug-likeness (QED) is 0.126. The number of para-hydroxylation sites is 2. The highest BCUT2D eigenvalue weighted by Gasteiger charge is 2.33. The molecular formula is C31H34F3NO7S. The first-order chi connectivity index (χ1) is 20.6. The molecular weight excluding hydrogens is 587 g/mol. The number of alkyl halides is 3. The van der Waals surface area contributed by atoms with Gasteiger partial charge in [0, 0.05) is 24.5 Å². The fourth-order valence-electron chi connectivity index (χ4n) is 3.94. The summed E-state index contributed by atoms with van der Waals surface area (Å²) in [5.74, 6) is -0.681. The van der Waals surface area contributed by atoms with Crippen LogP contribution >= 0.6 is 11.8 Å². The summed E-state index contributed by atoms with van der Waals surface area (Å²) in [6, 6.07) is 21.8. The minimum Gasteiger partial charge on any atom is -0.492 e. The van der Waals surface area contributed by atoms with Gasteiger partial charge in [-0.3, -0.25) is 0 Å². The average Bonchev–Trinajstić information content (AvgIpc) is 2.97. The van der Waals surface area contributed by atoms with Crippen molar-refractivity contribution in [3.63, 3.8) is 0 Å².